The lowest BCUT2D eigenvalue weighted by molar-refractivity contribution is 0.0962. The van der Waals surface area contributed by atoms with Gasteiger partial charge >= 0.3 is 0 Å². The van der Waals surface area contributed by atoms with Crippen molar-refractivity contribution in [2.45, 2.75) is 31.6 Å². The van der Waals surface area contributed by atoms with Gasteiger partial charge in [0, 0.05) is 37.7 Å². The summed E-state index contributed by atoms with van der Waals surface area (Å²) >= 11 is 0. The smallest absolute Gasteiger partial charge is 0.225 e. The fourth-order valence-electron chi connectivity index (χ4n) is 3.88. The minimum absolute atomic E-state index is 0.0529. The molecule has 0 N–H and O–H groups in total. The maximum absolute atomic E-state index is 12.7. The van der Waals surface area contributed by atoms with Crippen molar-refractivity contribution < 1.29 is 14.3 Å². The Morgan fingerprint density at radius 1 is 1.12 bits per heavy atom. The molecule has 2 heterocycles. The Hall–Kier alpha value is -2.63. The number of ketones is 1. The van der Waals surface area contributed by atoms with E-state index in [1.807, 2.05) is 18.2 Å². The van der Waals surface area contributed by atoms with Crippen molar-refractivity contribution in [3.63, 3.8) is 0 Å². The summed E-state index contributed by atoms with van der Waals surface area (Å²) in [6, 6.07) is 5.77. The van der Waals surface area contributed by atoms with Crippen LogP contribution in [0.1, 0.15) is 46.8 Å². The second-order valence-corrected chi connectivity index (χ2v) is 6.86. The lowest BCUT2D eigenvalue weighted by Crippen LogP contribution is -2.25. The summed E-state index contributed by atoms with van der Waals surface area (Å²) in [5, 5.41) is 0. The number of rotatable bonds is 4. The van der Waals surface area contributed by atoms with E-state index >= 15 is 0 Å². The van der Waals surface area contributed by atoms with Gasteiger partial charge in [-0.2, -0.15) is 0 Å². The number of Topliss-reactive ketones (excluding diaryl/α,β-unsaturated/α-hetero) is 1. The second-order valence-electron chi connectivity index (χ2n) is 6.86. The van der Waals surface area contributed by atoms with Crippen LogP contribution >= 0.6 is 0 Å². The molecule has 4 rings (SSSR count). The number of anilines is 1. The summed E-state index contributed by atoms with van der Waals surface area (Å²) in [6.07, 6.45) is 5.21. The average Bonchev–Trinajstić information content (AvgIpc) is 3.21. The van der Waals surface area contributed by atoms with Crippen molar-refractivity contribution in [1.82, 2.24) is 9.97 Å². The standard InChI is InChI=1S/C20H23N3O3/c1-25-14-5-6-15(19(11-14)26-2)13-9-17-16(18(24)10-13)12-21-20(22-17)23-7-3-4-8-23/h5-6,11-13H,3-4,7-10H2,1-2H3. The van der Waals surface area contributed by atoms with Crippen LogP contribution in [-0.2, 0) is 6.42 Å². The molecule has 1 saturated heterocycles. The number of carbonyl (C=O) groups excluding carboxylic acids is 1. The molecule has 1 aromatic carbocycles. The number of benzene rings is 1. The van der Waals surface area contributed by atoms with E-state index in [1.54, 1.807) is 20.4 Å². The molecule has 6 nitrogen and oxygen atoms in total. The molecule has 1 atom stereocenters. The average molecular weight is 353 g/mol. The molecule has 26 heavy (non-hydrogen) atoms. The van der Waals surface area contributed by atoms with Crippen LogP contribution in [0.4, 0.5) is 5.95 Å². The van der Waals surface area contributed by atoms with Crippen LogP contribution in [0.3, 0.4) is 0 Å². The summed E-state index contributed by atoms with van der Waals surface area (Å²) in [6.45, 7) is 1.98. The van der Waals surface area contributed by atoms with Crippen molar-refractivity contribution in [1.29, 1.82) is 0 Å². The monoisotopic (exact) mass is 353 g/mol. The highest BCUT2D eigenvalue weighted by atomic mass is 16.5. The molecule has 0 spiro atoms. The number of aromatic nitrogens is 2. The first-order valence-corrected chi connectivity index (χ1v) is 9.05. The molecule has 1 aliphatic carbocycles. The van der Waals surface area contributed by atoms with Crippen molar-refractivity contribution in [3.8, 4) is 11.5 Å². The van der Waals surface area contributed by atoms with E-state index < -0.39 is 0 Å². The highest BCUT2D eigenvalue weighted by molar-refractivity contribution is 5.98. The van der Waals surface area contributed by atoms with Crippen LogP contribution in [0.25, 0.3) is 0 Å². The summed E-state index contributed by atoms with van der Waals surface area (Å²) in [5.74, 6) is 2.39. The molecule has 1 unspecified atom stereocenters. The molecule has 2 aromatic rings. The molecule has 0 amide bonds. The summed E-state index contributed by atoms with van der Waals surface area (Å²) in [4.78, 5) is 24.0. The zero-order chi connectivity index (χ0) is 18.1. The van der Waals surface area contributed by atoms with Gasteiger partial charge in [0.25, 0.3) is 0 Å². The lowest BCUT2D eigenvalue weighted by atomic mass is 9.82. The van der Waals surface area contributed by atoms with E-state index in [1.165, 1.54) is 12.8 Å². The predicted octanol–water partition coefficient (Wildman–Crippen LogP) is 3.01. The van der Waals surface area contributed by atoms with Crippen LogP contribution in [0.5, 0.6) is 11.5 Å². The summed E-state index contributed by atoms with van der Waals surface area (Å²) in [5.41, 5.74) is 2.53. The van der Waals surface area contributed by atoms with Gasteiger partial charge in [-0.25, -0.2) is 9.97 Å². The first-order valence-electron chi connectivity index (χ1n) is 9.05. The van der Waals surface area contributed by atoms with Crippen molar-refractivity contribution in [3.05, 3.63) is 41.2 Å². The zero-order valence-electron chi connectivity index (χ0n) is 15.2. The molecule has 2 aliphatic rings. The Labute approximate surface area is 153 Å². The van der Waals surface area contributed by atoms with Crippen LogP contribution in [0, 0.1) is 0 Å². The van der Waals surface area contributed by atoms with E-state index in [9.17, 15) is 4.79 Å². The Bertz CT molecular complexity index is 831. The third-order valence-electron chi connectivity index (χ3n) is 5.30. The van der Waals surface area contributed by atoms with Crippen LogP contribution in [-0.4, -0.2) is 43.1 Å². The molecule has 0 bridgehead atoms. The van der Waals surface area contributed by atoms with E-state index in [0.717, 1.165) is 41.8 Å². The van der Waals surface area contributed by atoms with Gasteiger partial charge in [-0.15, -0.1) is 0 Å². The van der Waals surface area contributed by atoms with E-state index in [4.69, 9.17) is 14.5 Å². The number of methoxy groups -OCH3 is 2. The molecule has 1 aromatic heterocycles. The third-order valence-corrected chi connectivity index (χ3v) is 5.30. The molecule has 6 heteroatoms. The topological polar surface area (TPSA) is 64.5 Å². The van der Waals surface area contributed by atoms with Crippen molar-refractivity contribution >= 4 is 11.7 Å². The Morgan fingerprint density at radius 2 is 1.92 bits per heavy atom. The first-order chi connectivity index (χ1) is 12.7. The van der Waals surface area contributed by atoms with Gasteiger partial charge in [-0.1, -0.05) is 6.07 Å². The summed E-state index contributed by atoms with van der Waals surface area (Å²) in [7, 11) is 3.27. The summed E-state index contributed by atoms with van der Waals surface area (Å²) < 4.78 is 10.8. The number of nitrogens with zero attached hydrogens (tertiary/aromatic N) is 3. The minimum Gasteiger partial charge on any atom is -0.497 e. The van der Waals surface area contributed by atoms with Gasteiger partial charge in [-0.05, 0) is 30.9 Å². The maximum Gasteiger partial charge on any atom is 0.225 e. The number of hydrogen-bond donors (Lipinski definition) is 0. The van der Waals surface area contributed by atoms with Crippen LogP contribution < -0.4 is 14.4 Å². The van der Waals surface area contributed by atoms with Gasteiger partial charge in [0.1, 0.15) is 11.5 Å². The Morgan fingerprint density at radius 3 is 2.65 bits per heavy atom. The SMILES string of the molecule is COc1ccc(C2CC(=O)c3cnc(N4CCCC4)nc3C2)c(OC)c1. The molecule has 136 valence electrons. The van der Waals surface area contributed by atoms with Crippen molar-refractivity contribution in [2.75, 3.05) is 32.2 Å². The molecular formula is C20H23N3O3. The second kappa shape index (κ2) is 6.94. The number of fused-ring (bicyclic) bond motifs is 1. The fourth-order valence-corrected chi connectivity index (χ4v) is 3.88. The van der Waals surface area contributed by atoms with Gasteiger partial charge < -0.3 is 14.4 Å². The van der Waals surface area contributed by atoms with Gasteiger partial charge in [-0.3, -0.25) is 4.79 Å². The largest absolute Gasteiger partial charge is 0.497 e. The lowest BCUT2D eigenvalue weighted by Gasteiger charge is -2.26. The third kappa shape index (κ3) is 3.00. The van der Waals surface area contributed by atoms with E-state index in [2.05, 4.69) is 9.88 Å². The van der Waals surface area contributed by atoms with Gasteiger partial charge in [0.15, 0.2) is 5.78 Å². The highest BCUT2D eigenvalue weighted by Crippen LogP contribution is 2.38. The fraction of sp³-hybridized carbons (Fsp3) is 0.450. The molecular weight excluding hydrogens is 330 g/mol. The number of hydrogen-bond acceptors (Lipinski definition) is 6. The Balaban J connectivity index is 1.66. The molecule has 0 saturated carbocycles. The molecule has 1 aliphatic heterocycles. The first kappa shape index (κ1) is 16.8. The maximum atomic E-state index is 12.7. The molecule has 0 radical (unpaired) electrons. The van der Waals surface area contributed by atoms with Gasteiger partial charge in [0.05, 0.1) is 25.5 Å². The normalized spacial score (nSPS) is 19.4. The number of carbonyl (C=O) groups is 1. The number of ether oxygens (including phenoxy) is 2. The van der Waals surface area contributed by atoms with Crippen molar-refractivity contribution in [2.24, 2.45) is 0 Å². The predicted molar refractivity (Wildman–Crippen MR) is 98.4 cm³/mol. The minimum atomic E-state index is 0.0529. The van der Waals surface area contributed by atoms with Crippen LogP contribution in [0.2, 0.25) is 0 Å². The quantitative estimate of drug-likeness (QED) is 0.842. The zero-order valence-corrected chi connectivity index (χ0v) is 15.2. The Kier molecular flexibility index (Phi) is 4.49. The van der Waals surface area contributed by atoms with E-state index in [0.29, 0.717) is 18.4 Å². The molecule has 1 fully saturated rings. The van der Waals surface area contributed by atoms with Gasteiger partial charge in [0.2, 0.25) is 5.95 Å². The highest BCUT2D eigenvalue weighted by Gasteiger charge is 2.30. The van der Waals surface area contributed by atoms with E-state index in [-0.39, 0.29) is 11.7 Å². The van der Waals surface area contributed by atoms with Crippen LogP contribution in [0.15, 0.2) is 24.4 Å².